The van der Waals surface area contributed by atoms with Crippen molar-refractivity contribution in [3.8, 4) is 16.6 Å². The average Bonchev–Trinajstić information content (AvgIpc) is 3.42. The molecule has 6 nitrogen and oxygen atoms in total. The average molecular weight is 427 g/mol. The summed E-state index contributed by atoms with van der Waals surface area (Å²) in [4.78, 5) is 15.4. The predicted molar refractivity (Wildman–Crippen MR) is 111 cm³/mol. The van der Waals surface area contributed by atoms with Crippen molar-refractivity contribution < 1.29 is 13.6 Å². The topological polar surface area (TPSA) is 84.8 Å². The van der Waals surface area contributed by atoms with E-state index in [-0.39, 0.29) is 18.5 Å². The van der Waals surface area contributed by atoms with Gasteiger partial charge in [0.25, 0.3) is 11.8 Å². The Hall–Kier alpha value is -3.25. The molecule has 3 aromatic rings. The van der Waals surface area contributed by atoms with Crippen LogP contribution >= 0.6 is 11.3 Å². The van der Waals surface area contributed by atoms with Gasteiger partial charge >= 0.3 is 0 Å². The third-order valence-corrected chi connectivity index (χ3v) is 5.84. The second-order valence-electron chi connectivity index (χ2n) is 7.16. The van der Waals surface area contributed by atoms with Crippen molar-refractivity contribution in [2.45, 2.75) is 25.3 Å². The Morgan fingerprint density at radius 2 is 2.23 bits per heavy atom. The number of thiophene rings is 1. The van der Waals surface area contributed by atoms with E-state index in [1.54, 1.807) is 23.5 Å². The molecule has 154 valence electrons. The summed E-state index contributed by atoms with van der Waals surface area (Å²) in [5.41, 5.74) is 2.43. The van der Waals surface area contributed by atoms with Gasteiger partial charge in [0, 0.05) is 18.7 Å². The summed E-state index contributed by atoms with van der Waals surface area (Å²) in [6.07, 6.45) is 0.182. The molecule has 1 aliphatic heterocycles. The number of carbonyl (C=O) groups is 1. The van der Waals surface area contributed by atoms with Gasteiger partial charge < -0.3 is 10.2 Å². The third kappa shape index (κ3) is 4.33. The first-order chi connectivity index (χ1) is 14.4. The lowest BCUT2D eigenvalue weighted by Crippen LogP contribution is -2.43. The fraction of sp³-hybridized carbons (Fsp3) is 0.286. The molecule has 9 heteroatoms. The van der Waals surface area contributed by atoms with Crippen molar-refractivity contribution in [3.05, 3.63) is 58.6 Å². The smallest absolute Gasteiger partial charge is 0.265 e. The number of hydrogen-bond acceptors (Lipinski definition) is 5. The number of rotatable bonds is 5. The van der Waals surface area contributed by atoms with Crippen LogP contribution < -0.4 is 10.2 Å². The first kappa shape index (κ1) is 20.0. The standard InChI is InChI=1S/C21H19F2N5OS/c22-21(23)6-2-7-28(13-21)18-5-4-14(11-24)9-16(18)20(29)25-12-15-10-17(27-26-15)19-3-1-8-30-19/h1,3-5,8-10H,2,6-7,12-13H2,(H,25,29)(H,26,27). The van der Waals surface area contributed by atoms with Crippen LogP contribution in [-0.4, -0.2) is 35.1 Å². The van der Waals surface area contributed by atoms with E-state index < -0.39 is 18.4 Å². The Labute approximate surface area is 176 Å². The highest BCUT2D eigenvalue weighted by molar-refractivity contribution is 7.13. The number of hydrogen-bond donors (Lipinski definition) is 2. The maximum absolute atomic E-state index is 13.9. The van der Waals surface area contributed by atoms with E-state index in [1.165, 1.54) is 11.0 Å². The Bertz CT molecular complexity index is 1090. The largest absolute Gasteiger partial charge is 0.365 e. The minimum Gasteiger partial charge on any atom is -0.365 e. The predicted octanol–water partition coefficient (Wildman–Crippen LogP) is 4.18. The lowest BCUT2D eigenvalue weighted by atomic mass is 10.0. The highest BCUT2D eigenvalue weighted by Crippen LogP contribution is 2.32. The molecule has 0 bridgehead atoms. The van der Waals surface area contributed by atoms with E-state index in [4.69, 9.17) is 0 Å². The molecule has 0 unspecified atom stereocenters. The fourth-order valence-electron chi connectivity index (χ4n) is 3.51. The molecular formula is C21H19F2N5OS. The van der Waals surface area contributed by atoms with Crippen LogP contribution in [0.1, 0.15) is 34.5 Å². The van der Waals surface area contributed by atoms with Crippen molar-refractivity contribution in [2.24, 2.45) is 0 Å². The fourth-order valence-corrected chi connectivity index (χ4v) is 4.19. The summed E-state index contributed by atoms with van der Waals surface area (Å²) in [6, 6.07) is 12.3. The van der Waals surface area contributed by atoms with Gasteiger partial charge in [-0.25, -0.2) is 8.78 Å². The number of amides is 1. The van der Waals surface area contributed by atoms with Gasteiger partial charge in [-0.3, -0.25) is 9.89 Å². The van der Waals surface area contributed by atoms with Crippen LogP contribution in [0.15, 0.2) is 41.8 Å². The van der Waals surface area contributed by atoms with Crippen LogP contribution in [0.5, 0.6) is 0 Å². The molecule has 2 N–H and O–H groups in total. The second kappa shape index (κ2) is 8.24. The molecular weight excluding hydrogens is 408 g/mol. The number of halogens is 2. The van der Waals surface area contributed by atoms with Gasteiger partial charge in [0.05, 0.1) is 40.9 Å². The summed E-state index contributed by atoms with van der Waals surface area (Å²) in [5.74, 6) is -3.23. The number of alkyl halides is 2. The van der Waals surface area contributed by atoms with Crippen molar-refractivity contribution in [3.63, 3.8) is 0 Å². The number of piperidine rings is 1. The molecule has 1 fully saturated rings. The van der Waals surface area contributed by atoms with Crippen LogP contribution in [0.3, 0.4) is 0 Å². The molecule has 1 amide bonds. The van der Waals surface area contributed by atoms with E-state index >= 15 is 0 Å². The Kier molecular flexibility index (Phi) is 5.50. The lowest BCUT2D eigenvalue weighted by molar-refractivity contribution is -0.0117. The molecule has 1 aromatic carbocycles. The van der Waals surface area contributed by atoms with E-state index in [0.717, 1.165) is 10.6 Å². The first-order valence-corrected chi connectivity index (χ1v) is 10.4. The van der Waals surface area contributed by atoms with Crippen molar-refractivity contribution in [1.29, 1.82) is 5.26 Å². The van der Waals surface area contributed by atoms with Gasteiger partial charge in [-0.2, -0.15) is 10.4 Å². The zero-order valence-corrected chi connectivity index (χ0v) is 16.8. The van der Waals surface area contributed by atoms with E-state index in [0.29, 0.717) is 29.9 Å². The number of nitrogens with zero attached hydrogens (tertiary/aromatic N) is 3. The quantitative estimate of drug-likeness (QED) is 0.640. The summed E-state index contributed by atoms with van der Waals surface area (Å²) in [6.45, 7) is 0.194. The molecule has 2 aromatic heterocycles. The zero-order valence-electron chi connectivity index (χ0n) is 16.0. The number of aromatic nitrogens is 2. The van der Waals surface area contributed by atoms with Gasteiger partial charge in [-0.15, -0.1) is 11.3 Å². The molecule has 4 rings (SSSR count). The van der Waals surface area contributed by atoms with Crippen LogP contribution in [0.25, 0.3) is 10.6 Å². The molecule has 0 saturated carbocycles. The van der Waals surface area contributed by atoms with Crippen LogP contribution in [0.4, 0.5) is 14.5 Å². The van der Waals surface area contributed by atoms with Gasteiger partial charge in [0.15, 0.2) is 0 Å². The van der Waals surface area contributed by atoms with Gasteiger partial charge in [0.2, 0.25) is 0 Å². The minimum atomic E-state index is -2.80. The van der Waals surface area contributed by atoms with E-state index in [1.807, 2.05) is 29.6 Å². The number of nitriles is 1. The highest BCUT2D eigenvalue weighted by atomic mass is 32.1. The number of nitrogens with one attached hydrogen (secondary N) is 2. The number of anilines is 1. The maximum Gasteiger partial charge on any atom is 0.265 e. The van der Waals surface area contributed by atoms with Gasteiger partial charge in [-0.05, 0) is 42.1 Å². The molecule has 0 atom stereocenters. The van der Waals surface area contributed by atoms with Crippen LogP contribution in [-0.2, 0) is 6.54 Å². The van der Waals surface area contributed by atoms with Crippen LogP contribution in [0, 0.1) is 11.3 Å². The van der Waals surface area contributed by atoms with Gasteiger partial charge in [0.1, 0.15) is 5.69 Å². The first-order valence-electron chi connectivity index (χ1n) is 9.48. The molecule has 30 heavy (non-hydrogen) atoms. The molecule has 0 aliphatic carbocycles. The number of benzene rings is 1. The summed E-state index contributed by atoms with van der Waals surface area (Å²) < 4.78 is 27.8. The Morgan fingerprint density at radius 3 is 2.97 bits per heavy atom. The lowest BCUT2D eigenvalue weighted by Gasteiger charge is -2.35. The van der Waals surface area contributed by atoms with E-state index in [9.17, 15) is 18.8 Å². The number of H-pyrrole nitrogens is 1. The van der Waals surface area contributed by atoms with Crippen molar-refractivity contribution >= 4 is 22.9 Å². The Balaban J connectivity index is 1.52. The highest BCUT2D eigenvalue weighted by Gasteiger charge is 2.36. The summed E-state index contributed by atoms with van der Waals surface area (Å²) in [5, 5.41) is 21.1. The SMILES string of the molecule is N#Cc1ccc(N2CCCC(F)(F)C2)c(C(=O)NCc2cc(-c3cccs3)n[nH]2)c1. The molecule has 3 heterocycles. The summed E-state index contributed by atoms with van der Waals surface area (Å²) >= 11 is 1.57. The number of aromatic amines is 1. The maximum atomic E-state index is 13.9. The number of carbonyl (C=O) groups excluding carboxylic acids is 1. The monoisotopic (exact) mass is 427 g/mol. The minimum absolute atomic E-state index is 0.159. The van der Waals surface area contributed by atoms with Crippen molar-refractivity contribution in [1.82, 2.24) is 15.5 Å². The molecule has 1 saturated heterocycles. The Morgan fingerprint density at radius 1 is 1.37 bits per heavy atom. The van der Waals surface area contributed by atoms with Crippen molar-refractivity contribution in [2.75, 3.05) is 18.0 Å². The normalized spacial score (nSPS) is 15.6. The summed E-state index contributed by atoms with van der Waals surface area (Å²) in [7, 11) is 0. The van der Waals surface area contributed by atoms with E-state index in [2.05, 4.69) is 15.5 Å². The zero-order chi connectivity index (χ0) is 21.1. The molecule has 0 spiro atoms. The van der Waals surface area contributed by atoms with Gasteiger partial charge in [-0.1, -0.05) is 6.07 Å². The second-order valence-corrected chi connectivity index (χ2v) is 8.11. The molecule has 1 aliphatic rings. The van der Waals surface area contributed by atoms with Crippen LogP contribution in [0.2, 0.25) is 0 Å². The molecule has 0 radical (unpaired) electrons. The third-order valence-electron chi connectivity index (χ3n) is 4.95.